The fourth-order valence-electron chi connectivity index (χ4n) is 7.21. The summed E-state index contributed by atoms with van der Waals surface area (Å²) in [4.78, 5) is 0. The molecule has 0 unspecified atom stereocenters. The molecule has 3 heterocycles. The fraction of sp³-hybridized carbons (Fsp3) is 0.800. The van der Waals surface area contributed by atoms with E-state index in [9.17, 15) is 5.11 Å². The lowest BCUT2D eigenvalue weighted by molar-refractivity contribution is -0.0259. The van der Waals surface area contributed by atoms with Crippen molar-refractivity contribution in [2.45, 2.75) is 81.9 Å². The maximum atomic E-state index is 11.1. The van der Waals surface area contributed by atoms with Gasteiger partial charge in [0.15, 0.2) is 0 Å². The number of aliphatic hydroxyl groups excluding tert-OH is 1. The highest BCUT2D eigenvalue weighted by atomic mass is 16.7. The Morgan fingerprint density at radius 3 is 2.83 bits per heavy atom. The molecule has 24 heavy (non-hydrogen) atoms. The van der Waals surface area contributed by atoms with Crippen LogP contribution in [0.4, 0.5) is 0 Å². The molecule has 2 saturated heterocycles. The highest BCUT2D eigenvalue weighted by Crippen LogP contribution is 2.81. The zero-order chi connectivity index (χ0) is 16.6. The van der Waals surface area contributed by atoms with Crippen LogP contribution in [0.1, 0.15) is 56.4 Å². The number of epoxide rings is 2. The number of ether oxygens (including phenoxy) is 2. The molecule has 4 fully saturated rings. The average Bonchev–Trinajstić information content (AvgIpc) is 3.35. The Labute approximate surface area is 142 Å². The van der Waals surface area contributed by atoms with E-state index in [0.29, 0.717) is 11.8 Å². The first-order chi connectivity index (χ1) is 11.4. The van der Waals surface area contributed by atoms with Crippen molar-refractivity contribution in [2.75, 3.05) is 0 Å². The van der Waals surface area contributed by atoms with E-state index in [2.05, 4.69) is 27.7 Å². The van der Waals surface area contributed by atoms with E-state index in [1.165, 1.54) is 11.1 Å². The van der Waals surface area contributed by atoms with Crippen molar-refractivity contribution in [3.8, 4) is 0 Å². The van der Waals surface area contributed by atoms with Gasteiger partial charge in [-0.05, 0) is 44.1 Å². The third-order valence-corrected chi connectivity index (χ3v) is 8.16. The first-order valence-corrected chi connectivity index (χ1v) is 9.50. The van der Waals surface area contributed by atoms with E-state index in [4.69, 9.17) is 13.9 Å². The van der Waals surface area contributed by atoms with Crippen LogP contribution >= 0.6 is 0 Å². The van der Waals surface area contributed by atoms with E-state index < -0.39 is 5.60 Å². The van der Waals surface area contributed by atoms with Gasteiger partial charge < -0.3 is 19.0 Å². The molecule has 4 nitrogen and oxygen atoms in total. The van der Waals surface area contributed by atoms with Crippen LogP contribution in [0.5, 0.6) is 0 Å². The monoisotopic (exact) mass is 330 g/mol. The Balaban J connectivity index is 1.60. The van der Waals surface area contributed by atoms with Crippen molar-refractivity contribution in [3.63, 3.8) is 0 Å². The summed E-state index contributed by atoms with van der Waals surface area (Å²) in [6, 6.07) is 0. The van der Waals surface area contributed by atoms with Crippen LogP contribution < -0.4 is 0 Å². The summed E-state index contributed by atoms with van der Waals surface area (Å²) in [5.74, 6) is 2.47. The Morgan fingerprint density at radius 1 is 1.25 bits per heavy atom. The van der Waals surface area contributed by atoms with Gasteiger partial charge in [0.05, 0.1) is 12.4 Å². The number of aryl methyl sites for hydroxylation is 2. The number of rotatable bonds is 0. The SMILES string of the molecule is Cc1coc2c1[C@@H]1[C@@H]([C@H](C)CC2)[C@]23O[C@]2(C[C@H](C)[C@@H]3O)[C@H]2O[C@@]12C. The molecule has 9 atom stereocenters. The minimum absolute atomic E-state index is 0.123. The van der Waals surface area contributed by atoms with Crippen molar-refractivity contribution in [1.29, 1.82) is 0 Å². The molecule has 0 bridgehead atoms. The molecule has 130 valence electrons. The lowest BCUT2D eigenvalue weighted by atomic mass is 9.57. The zero-order valence-corrected chi connectivity index (χ0v) is 14.8. The smallest absolute Gasteiger partial charge is 0.130 e. The van der Waals surface area contributed by atoms with Gasteiger partial charge in [-0.25, -0.2) is 0 Å². The normalized spacial score (nSPS) is 59.5. The summed E-state index contributed by atoms with van der Waals surface area (Å²) in [6.45, 7) is 8.91. The predicted octanol–water partition coefficient (Wildman–Crippen LogP) is 2.95. The van der Waals surface area contributed by atoms with Crippen LogP contribution in [0.3, 0.4) is 0 Å². The number of hydrogen-bond acceptors (Lipinski definition) is 4. The van der Waals surface area contributed by atoms with Gasteiger partial charge in [0, 0.05) is 23.8 Å². The average molecular weight is 330 g/mol. The number of aliphatic hydroxyl groups is 1. The molecule has 4 heteroatoms. The van der Waals surface area contributed by atoms with Crippen molar-refractivity contribution < 1.29 is 19.0 Å². The maximum Gasteiger partial charge on any atom is 0.130 e. The predicted molar refractivity (Wildman–Crippen MR) is 86.8 cm³/mol. The molecule has 2 aliphatic heterocycles. The summed E-state index contributed by atoms with van der Waals surface area (Å²) >= 11 is 0. The molecule has 1 N–H and O–H groups in total. The van der Waals surface area contributed by atoms with E-state index in [1.54, 1.807) is 0 Å². The highest BCUT2D eigenvalue weighted by molar-refractivity contribution is 5.49. The summed E-state index contributed by atoms with van der Waals surface area (Å²) in [5.41, 5.74) is 1.77. The molecule has 6 rings (SSSR count). The van der Waals surface area contributed by atoms with Gasteiger partial charge in [-0.3, -0.25) is 0 Å². The minimum atomic E-state index is -0.400. The van der Waals surface area contributed by atoms with Crippen LogP contribution in [0.2, 0.25) is 0 Å². The van der Waals surface area contributed by atoms with Gasteiger partial charge in [0.2, 0.25) is 0 Å². The lowest BCUT2D eigenvalue weighted by Gasteiger charge is -2.41. The summed E-state index contributed by atoms with van der Waals surface area (Å²) < 4.78 is 18.8. The molecule has 0 spiro atoms. The topological polar surface area (TPSA) is 58.4 Å². The van der Waals surface area contributed by atoms with E-state index in [1.807, 2.05) is 6.26 Å². The van der Waals surface area contributed by atoms with E-state index >= 15 is 0 Å². The summed E-state index contributed by atoms with van der Waals surface area (Å²) in [5, 5.41) is 11.1. The van der Waals surface area contributed by atoms with Gasteiger partial charge in [-0.1, -0.05) is 13.8 Å². The molecule has 1 aromatic rings. The molecule has 5 aliphatic rings. The van der Waals surface area contributed by atoms with Gasteiger partial charge >= 0.3 is 0 Å². The van der Waals surface area contributed by atoms with Crippen LogP contribution in [0.15, 0.2) is 10.7 Å². The van der Waals surface area contributed by atoms with Crippen LogP contribution in [0.25, 0.3) is 0 Å². The van der Waals surface area contributed by atoms with Crippen molar-refractivity contribution in [1.82, 2.24) is 0 Å². The third-order valence-electron chi connectivity index (χ3n) is 8.16. The second-order valence-corrected chi connectivity index (χ2v) is 9.37. The molecule has 3 aliphatic carbocycles. The van der Waals surface area contributed by atoms with Crippen molar-refractivity contribution >= 4 is 0 Å². The third kappa shape index (κ3) is 1.21. The van der Waals surface area contributed by atoms with Gasteiger partial charge in [0.1, 0.15) is 28.7 Å². The summed E-state index contributed by atoms with van der Waals surface area (Å²) in [6.07, 6.45) is 4.64. The molecule has 2 saturated carbocycles. The van der Waals surface area contributed by atoms with Crippen molar-refractivity contribution in [3.05, 3.63) is 23.2 Å². The Kier molecular flexibility index (Phi) is 2.27. The lowest BCUT2D eigenvalue weighted by Crippen LogP contribution is -2.53. The van der Waals surface area contributed by atoms with E-state index in [0.717, 1.165) is 25.0 Å². The molecular weight excluding hydrogens is 304 g/mol. The number of furan rings is 1. The van der Waals surface area contributed by atoms with Gasteiger partial charge in [-0.2, -0.15) is 0 Å². The van der Waals surface area contributed by atoms with Crippen LogP contribution in [0, 0.1) is 24.7 Å². The number of fused-ring (bicyclic) bond motifs is 5. The minimum Gasteiger partial charge on any atom is -0.469 e. The van der Waals surface area contributed by atoms with E-state index in [-0.39, 0.29) is 35.2 Å². The molecule has 0 aromatic carbocycles. The Morgan fingerprint density at radius 2 is 2.04 bits per heavy atom. The standard InChI is InChI=1S/C20H26O4/c1-9-5-6-12-13(11(3)8-22-12)15-14(9)20-16(21)10(2)7-19(20,24-20)17-18(15,4)23-17/h8-10,14-17,21H,5-7H2,1-4H3/t9-,10+,14-,15-,16+,17+,18+,19-,20-/m1/s1. The zero-order valence-electron chi connectivity index (χ0n) is 14.8. The highest BCUT2D eigenvalue weighted by Gasteiger charge is 2.95. The first-order valence-electron chi connectivity index (χ1n) is 9.50. The Bertz CT molecular complexity index is 755. The van der Waals surface area contributed by atoms with Gasteiger partial charge in [-0.15, -0.1) is 0 Å². The van der Waals surface area contributed by atoms with Crippen molar-refractivity contribution in [2.24, 2.45) is 17.8 Å². The van der Waals surface area contributed by atoms with Gasteiger partial charge in [0.25, 0.3) is 0 Å². The first kappa shape index (κ1) is 14.3. The quantitative estimate of drug-likeness (QED) is 0.743. The largest absolute Gasteiger partial charge is 0.469 e. The number of hydrogen-bond donors (Lipinski definition) is 1. The second-order valence-electron chi connectivity index (χ2n) is 9.37. The van der Waals surface area contributed by atoms with Crippen LogP contribution in [-0.4, -0.2) is 34.1 Å². The maximum absolute atomic E-state index is 11.1. The van der Waals surface area contributed by atoms with Crippen LogP contribution in [-0.2, 0) is 15.9 Å². The second kappa shape index (κ2) is 3.79. The molecular formula is C20H26O4. The molecule has 0 radical (unpaired) electrons. The fourth-order valence-corrected chi connectivity index (χ4v) is 7.21. The summed E-state index contributed by atoms with van der Waals surface area (Å²) in [7, 11) is 0. The molecule has 1 aromatic heterocycles. The Hall–Kier alpha value is -0.840. The molecule has 0 amide bonds.